The minimum atomic E-state index is 0.0179. The smallest absolute Gasteiger partial charge is 0.261 e. The van der Waals surface area contributed by atoms with Gasteiger partial charge in [0.25, 0.3) is 5.56 Å². The minimum Gasteiger partial charge on any atom is -0.308 e. The van der Waals surface area contributed by atoms with Gasteiger partial charge in [-0.05, 0) is 32.3 Å². The van der Waals surface area contributed by atoms with Crippen molar-refractivity contribution in [2.24, 2.45) is 0 Å². The van der Waals surface area contributed by atoms with E-state index in [1.54, 1.807) is 17.0 Å². The van der Waals surface area contributed by atoms with E-state index in [2.05, 4.69) is 20.9 Å². The van der Waals surface area contributed by atoms with Gasteiger partial charge >= 0.3 is 0 Å². The van der Waals surface area contributed by atoms with Gasteiger partial charge in [-0.15, -0.1) is 0 Å². The number of rotatable bonds is 3. The lowest BCUT2D eigenvalue weighted by Gasteiger charge is -2.11. The fraction of sp³-hybridized carbons (Fsp3) is 0.333. The number of fused-ring (bicyclic) bond motifs is 1. The molecule has 0 aliphatic heterocycles. The first-order chi connectivity index (χ1) is 8.08. The van der Waals surface area contributed by atoms with Gasteiger partial charge in [0.15, 0.2) is 0 Å². The van der Waals surface area contributed by atoms with Crippen LogP contribution in [0.1, 0.15) is 0 Å². The standard InChI is InChI=1S/C12H14BrN3O/c1-15(2)5-6-16-8-14-11-7-9(13)3-4-10(11)12(16)17/h3-4,7-8H,5-6H2,1-2H3. The summed E-state index contributed by atoms with van der Waals surface area (Å²) >= 11 is 3.37. The highest BCUT2D eigenvalue weighted by atomic mass is 79.9. The van der Waals surface area contributed by atoms with Crippen LogP contribution in [0.3, 0.4) is 0 Å². The zero-order chi connectivity index (χ0) is 12.4. The molecule has 2 aromatic rings. The quantitative estimate of drug-likeness (QED) is 0.865. The van der Waals surface area contributed by atoms with Crippen LogP contribution in [0.15, 0.2) is 33.8 Å². The normalized spacial score (nSPS) is 11.3. The Kier molecular flexibility index (Phi) is 3.59. The Hall–Kier alpha value is -1.20. The lowest BCUT2D eigenvalue weighted by atomic mass is 10.2. The van der Waals surface area contributed by atoms with Gasteiger partial charge in [0, 0.05) is 17.6 Å². The van der Waals surface area contributed by atoms with E-state index in [0.717, 1.165) is 16.5 Å². The second-order valence-corrected chi connectivity index (χ2v) is 5.12. The van der Waals surface area contributed by atoms with Gasteiger partial charge in [0.1, 0.15) is 0 Å². The van der Waals surface area contributed by atoms with Gasteiger partial charge in [0.2, 0.25) is 0 Å². The maximum atomic E-state index is 12.1. The fourth-order valence-electron chi connectivity index (χ4n) is 1.60. The molecule has 4 nitrogen and oxygen atoms in total. The molecule has 0 amide bonds. The number of nitrogens with zero attached hydrogens (tertiary/aromatic N) is 3. The number of benzene rings is 1. The maximum absolute atomic E-state index is 12.1. The number of aromatic nitrogens is 2. The molecular weight excluding hydrogens is 282 g/mol. The SMILES string of the molecule is CN(C)CCn1cnc2cc(Br)ccc2c1=O. The second-order valence-electron chi connectivity index (χ2n) is 4.21. The summed E-state index contributed by atoms with van der Waals surface area (Å²) in [6.45, 7) is 1.48. The summed E-state index contributed by atoms with van der Waals surface area (Å²) in [6, 6.07) is 5.52. The van der Waals surface area contributed by atoms with Gasteiger partial charge < -0.3 is 4.90 Å². The molecule has 0 aliphatic carbocycles. The van der Waals surface area contributed by atoms with Crippen molar-refractivity contribution in [3.63, 3.8) is 0 Å². The molecule has 90 valence electrons. The van der Waals surface area contributed by atoms with Crippen LogP contribution in [0.25, 0.3) is 10.9 Å². The predicted octanol–water partition coefficient (Wildman–Crippen LogP) is 1.72. The average molecular weight is 296 g/mol. The molecule has 0 fully saturated rings. The van der Waals surface area contributed by atoms with Gasteiger partial charge in [-0.25, -0.2) is 4.98 Å². The summed E-state index contributed by atoms with van der Waals surface area (Å²) in [5, 5.41) is 0.662. The summed E-state index contributed by atoms with van der Waals surface area (Å²) in [7, 11) is 3.97. The Morgan fingerprint density at radius 3 is 2.88 bits per heavy atom. The van der Waals surface area contributed by atoms with Crippen LogP contribution >= 0.6 is 15.9 Å². The molecule has 5 heteroatoms. The van der Waals surface area contributed by atoms with Gasteiger partial charge in [-0.2, -0.15) is 0 Å². The number of halogens is 1. The van der Waals surface area contributed by atoms with E-state index in [-0.39, 0.29) is 5.56 Å². The molecule has 0 saturated heterocycles. The van der Waals surface area contributed by atoms with Crippen LogP contribution in [0, 0.1) is 0 Å². The first-order valence-electron chi connectivity index (χ1n) is 5.37. The first-order valence-corrected chi connectivity index (χ1v) is 6.16. The van der Waals surface area contributed by atoms with Gasteiger partial charge in [-0.3, -0.25) is 9.36 Å². The van der Waals surface area contributed by atoms with Crippen LogP contribution in [-0.4, -0.2) is 35.1 Å². The van der Waals surface area contributed by atoms with Crippen LogP contribution in [0.4, 0.5) is 0 Å². The summed E-state index contributed by atoms with van der Waals surface area (Å²) in [5.74, 6) is 0. The summed E-state index contributed by atoms with van der Waals surface area (Å²) in [4.78, 5) is 18.5. The van der Waals surface area contributed by atoms with Crippen molar-refractivity contribution in [2.75, 3.05) is 20.6 Å². The molecule has 0 N–H and O–H groups in total. The monoisotopic (exact) mass is 295 g/mol. The van der Waals surface area contributed by atoms with Crippen LogP contribution in [0.2, 0.25) is 0 Å². The number of likely N-dealkylation sites (N-methyl/N-ethyl adjacent to an activating group) is 1. The Balaban J connectivity index is 2.44. The van der Waals surface area contributed by atoms with Gasteiger partial charge in [-0.1, -0.05) is 15.9 Å². The summed E-state index contributed by atoms with van der Waals surface area (Å²) in [5.41, 5.74) is 0.745. The van der Waals surface area contributed by atoms with E-state index in [1.165, 1.54) is 0 Å². The average Bonchev–Trinajstić information content (AvgIpc) is 2.27. The predicted molar refractivity (Wildman–Crippen MR) is 72.3 cm³/mol. The van der Waals surface area contributed by atoms with Gasteiger partial charge in [0.05, 0.1) is 17.2 Å². The Morgan fingerprint density at radius 1 is 1.41 bits per heavy atom. The summed E-state index contributed by atoms with van der Waals surface area (Å²) in [6.07, 6.45) is 1.61. The third kappa shape index (κ3) is 2.73. The molecule has 0 unspecified atom stereocenters. The fourth-order valence-corrected chi connectivity index (χ4v) is 1.95. The van der Waals surface area contributed by atoms with Crippen LogP contribution in [-0.2, 0) is 6.54 Å². The maximum Gasteiger partial charge on any atom is 0.261 e. The Bertz CT molecular complexity index is 592. The van der Waals surface area contributed by atoms with Crippen molar-refractivity contribution in [3.05, 3.63) is 39.4 Å². The van der Waals surface area contributed by atoms with Crippen LogP contribution in [0.5, 0.6) is 0 Å². The largest absolute Gasteiger partial charge is 0.308 e. The first kappa shape index (κ1) is 12.3. The molecule has 1 aromatic carbocycles. The highest BCUT2D eigenvalue weighted by Crippen LogP contribution is 2.14. The molecule has 1 heterocycles. The van der Waals surface area contributed by atoms with Crippen molar-refractivity contribution >= 4 is 26.8 Å². The third-order valence-corrected chi connectivity index (χ3v) is 3.07. The molecule has 0 saturated carbocycles. The zero-order valence-electron chi connectivity index (χ0n) is 9.85. The van der Waals surface area contributed by atoms with Crippen molar-refractivity contribution < 1.29 is 0 Å². The molecule has 0 spiro atoms. The molecule has 17 heavy (non-hydrogen) atoms. The number of hydrogen-bond acceptors (Lipinski definition) is 3. The molecule has 0 radical (unpaired) electrons. The zero-order valence-corrected chi connectivity index (χ0v) is 11.4. The van der Waals surface area contributed by atoms with E-state index >= 15 is 0 Å². The van der Waals surface area contributed by atoms with Crippen molar-refractivity contribution in [1.82, 2.24) is 14.5 Å². The molecule has 2 rings (SSSR count). The summed E-state index contributed by atoms with van der Waals surface area (Å²) < 4.78 is 2.58. The Morgan fingerprint density at radius 2 is 2.18 bits per heavy atom. The second kappa shape index (κ2) is 4.98. The van der Waals surface area contributed by atoms with Crippen molar-refractivity contribution in [2.45, 2.75) is 6.54 Å². The van der Waals surface area contributed by atoms with E-state index in [4.69, 9.17) is 0 Å². The molecule has 0 atom stereocenters. The van der Waals surface area contributed by atoms with E-state index in [0.29, 0.717) is 11.9 Å². The number of hydrogen-bond donors (Lipinski definition) is 0. The van der Waals surface area contributed by atoms with E-state index in [1.807, 2.05) is 31.1 Å². The lowest BCUT2D eigenvalue weighted by molar-refractivity contribution is 0.380. The molecule has 0 aliphatic rings. The molecular formula is C12H14BrN3O. The highest BCUT2D eigenvalue weighted by molar-refractivity contribution is 9.10. The molecule has 1 aromatic heterocycles. The van der Waals surface area contributed by atoms with E-state index < -0.39 is 0 Å². The molecule has 0 bridgehead atoms. The van der Waals surface area contributed by atoms with Crippen molar-refractivity contribution in [1.29, 1.82) is 0 Å². The highest BCUT2D eigenvalue weighted by Gasteiger charge is 2.04. The van der Waals surface area contributed by atoms with Crippen molar-refractivity contribution in [3.8, 4) is 0 Å². The topological polar surface area (TPSA) is 38.1 Å². The Labute approximate surface area is 108 Å². The minimum absolute atomic E-state index is 0.0179. The third-order valence-electron chi connectivity index (χ3n) is 2.58. The van der Waals surface area contributed by atoms with Crippen LogP contribution < -0.4 is 5.56 Å². The van der Waals surface area contributed by atoms with E-state index in [9.17, 15) is 4.79 Å². The lowest BCUT2D eigenvalue weighted by Crippen LogP contribution is -2.26.